The Hall–Kier alpha value is -2.98. The summed E-state index contributed by atoms with van der Waals surface area (Å²) in [6, 6.07) is 10.5. The molecular formula is C25H23NaO8S. The van der Waals surface area contributed by atoms with Gasteiger partial charge in [-0.3, -0.25) is 4.79 Å². The van der Waals surface area contributed by atoms with Gasteiger partial charge in [0.15, 0.2) is 17.3 Å². The topological polar surface area (TPSA) is 103 Å². The van der Waals surface area contributed by atoms with Gasteiger partial charge in [0.1, 0.15) is 18.1 Å². The number of carbonyl (C=O) groups is 2. The molecule has 3 rings (SSSR count). The molecule has 3 aromatic rings. The van der Waals surface area contributed by atoms with Crippen LogP contribution in [0, 0.1) is 0 Å². The summed E-state index contributed by atoms with van der Waals surface area (Å²) >= 11 is 1.57. The van der Waals surface area contributed by atoms with Gasteiger partial charge >= 0.3 is 29.6 Å². The minimum absolute atomic E-state index is 0. The van der Waals surface area contributed by atoms with Crippen molar-refractivity contribution in [1.29, 1.82) is 0 Å². The smallest absolute Gasteiger partial charge is 0.546 e. The number of thiophene rings is 1. The summed E-state index contributed by atoms with van der Waals surface area (Å²) in [7, 11) is 5.88. The molecule has 178 valence electrons. The number of ketones is 1. The molecule has 0 N–H and O–H groups in total. The van der Waals surface area contributed by atoms with E-state index in [0.29, 0.717) is 17.1 Å². The first-order valence-electron chi connectivity index (χ1n) is 10.0. The maximum Gasteiger partial charge on any atom is 1.00 e. The van der Waals surface area contributed by atoms with Crippen LogP contribution in [0.2, 0.25) is 0 Å². The molecule has 1 heterocycles. The van der Waals surface area contributed by atoms with Gasteiger partial charge in [0.25, 0.3) is 0 Å². The maximum atomic E-state index is 13.0. The Kier molecular flexibility index (Phi) is 10.7. The number of allylic oxidation sites excluding steroid dienone is 1. The third kappa shape index (κ3) is 6.79. The van der Waals surface area contributed by atoms with Gasteiger partial charge < -0.3 is 33.6 Å². The number of hydrogen-bond donors (Lipinski definition) is 0. The van der Waals surface area contributed by atoms with Gasteiger partial charge in [0.2, 0.25) is 5.75 Å². The Labute approximate surface area is 229 Å². The predicted octanol–water partition coefficient (Wildman–Crippen LogP) is 0.478. The molecule has 10 heteroatoms. The zero-order chi connectivity index (χ0) is 24.7. The Morgan fingerprint density at radius 3 is 2.06 bits per heavy atom. The summed E-state index contributed by atoms with van der Waals surface area (Å²) in [6.07, 6.45) is 3.05. The van der Waals surface area contributed by atoms with Crippen molar-refractivity contribution in [2.75, 3.05) is 35.0 Å². The Morgan fingerprint density at radius 1 is 0.914 bits per heavy atom. The van der Waals surface area contributed by atoms with E-state index < -0.39 is 12.6 Å². The van der Waals surface area contributed by atoms with Crippen molar-refractivity contribution in [1.82, 2.24) is 0 Å². The summed E-state index contributed by atoms with van der Waals surface area (Å²) in [5.41, 5.74) is 1.83. The minimum atomic E-state index is -1.40. The van der Waals surface area contributed by atoms with Gasteiger partial charge in [-0.05, 0) is 41.8 Å². The van der Waals surface area contributed by atoms with Crippen molar-refractivity contribution in [2.24, 2.45) is 0 Å². The zero-order valence-corrected chi connectivity index (χ0v) is 22.9. The van der Waals surface area contributed by atoms with E-state index in [-0.39, 0.29) is 58.2 Å². The van der Waals surface area contributed by atoms with E-state index in [1.165, 1.54) is 32.4 Å². The van der Waals surface area contributed by atoms with E-state index in [9.17, 15) is 14.7 Å². The number of carboxylic acid groups (broad SMARTS) is 1. The van der Waals surface area contributed by atoms with E-state index >= 15 is 0 Å². The van der Waals surface area contributed by atoms with Crippen LogP contribution in [0.25, 0.3) is 16.5 Å². The molecule has 0 atom stereocenters. The maximum absolute atomic E-state index is 13.0. The third-order valence-electron chi connectivity index (χ3n) is 4.83. The van der Waals surface area contributed by atoms with Crippen molar-refractivity contribution in [2.45, 2.75) is 0 Å². The van der Waals surface area contributed by atoms with Gasteiger partial charge in [0, 0.05) is 27.6 Å². The SMILES string of the molecule is COc1cc(OC)c(-c2cccs2)cc1C=CC(=O)c1cc(OC)c(OCC(=O)[O-])c(OC)c1.[Na+]. The zero-order valence-electron chi connectivity index (χ0n) is 20.1. The number of rotatable bonds is 11. The molecule has 0 fully saturated rings. The minimum Gasteiger partial charge on any atom is -0.546 e. The monoisotopic (exact) mass is 506 g/mol. The third-order valence-corrected chi connectivity index (χ3v) is 5.74. The predicted molar refractivity (Wildman–Crippen MR) is 126 cm³/mol. The number of benzene rings is 2. The van der Waals surface area contributed by atoms with Gasteiger partial charge in [-0.1, -0.05) is 6.07 Å². The van der Waals surface area contributed by atoms with Crippen LogP contribution >= 0.6 is 11.3 Å². The molecule has 0 saturated carbocycles. The summed E-state index contributed by atoms with van der Waals surface area (Å²) in [5, 5.41) is 12.7. The standard InChI is InChI=1S/C25H24O8S.Na/c1-29-19-13-20(30-2)17(23-6-5-9-34-23)10-15(19)7-8-18(26)16-11-21(31-3)25(22(12-16)32-4)33-14-24(27)28;/h5-13H,14H2,1-4H3,(H,27,28);/q;+1/p-1. The molecule has 35 heavy (non-hydrogen) atoms. The second-order valence-corrected chi connectivity index (χ2v) is 7.79. The molecule has 0 aliphatic heterocycles. The molecule has 0 unspecified atom stereocenters. The van der Waals surface area contributed by atoms with Crippen LogP contribution in [-0.2, 0) is 4.79 Å². The van der Waals surface area contributed by atoms with Crippen molar-refractivity contribution < 1.29 is 67.9 Å². The first kappa shape index (κ1) is 28.3. The average molecular weight is 507 g/mol. The molecule has 0 radical (unpaired) electrons. The summed E-state index contributed by atoms with van der Waals surface area (Å²) < 4.78 is 26.7. The molecule has 1 aromatic heterocycles. The number of ether oxygens (including phenoxy) is 5. The van der Waals surface area contributed by atoms with Gasteiger partial charge in [-0.15, -0.1) is 11.3 Å². The van der Waals surface area contributed by atoms with Gasteiger partial charge in [-0.25, -0.2) is 0 Å². The van der Waals surface area contributed by atoms with Crippen molar-refractivity contribution >= 4 is 29.2 Å². The largest absolute Gasteiger partial charge is 1.00 e. The van der Waals surface area contributed by atoms with Crippen LogP contribution in [0.4, 0.5) is 0 Å². The normalized spacial score (nSPS) is 10.4. The van der Waals surface area contributed by atoms with Crippen molar-refractivity contribution in [3.63, 3.8) is 0 Å². The van der Waals surface area contributed by atoms with Gasteiger partial charge in [0.05, 0.1) is 34.4 Å². The fraction of sp³-hybridized carbons (Fsp3) is 0.200. The van der Waals surface area contributed by atoms with Crippen LogP contribution in [-0.4, -0.2) is 46.8 Å². The van der Waals surface area contributed by atoms with Crippen LogP contribution in [0.15, 0.2) is 47.9 Å². The average Bonchev–Trinajstić information content (AvgIpc) is 3.39. The van der Waals surface area contributed by atoms with E-state index in [1.54, 1.807) is 37.7 Å². The Balaban J connectivity index is 0.00000432. The molecule has 2 aromatic carbocycles. The molecule has 0 bridgehead atoms. The molecule has 0 aliphatic rings. The summed E-state index contributed by atoms with van der Waals surface area (Å²) in [5.74, 6) is -0.168. The van der Waals surface area contributed by atoms with Crippen LogP contribution in [0.5, 0.6) is 28.7 Å². The second kappa shape index (κ2) is 13.2. The van der Waals surface area contributed by atoms with E-state index in [2.05, 4.69) is 0 Å². The fourth-order valence-electron chi connectivity index (χ4n) is 3.24. The second-order valence-electron chi connectivity index (χ2n) is 6.84. The number of methoxy groups -OCH3 is 4. The Bertz CT molecular complexity index is 1180. The first-order valence-corrected chi connectivity index (χ1v) is 10.9. The molecule has 0 aliphatic carbocycles. The number of carboxylic acids is 1. The van der Waals surface area contributed by atoms with E-state index in [0.717, 1.165) is 10.4 Å². The van der Waals surface area contributed by atoms with Crippen LogP contribution in [0.3, 0.4) is 0 Å². The quantitative estimate of drug-likeness (QED) is 0.210. The van der Waals surface area contributed by atoms with E-state index in [1.807, 2.05) is 23.6 Å². The van der Waals surface area contributed by atoms with Crippen molar-refractivity contribution in [3.05, 3.63) is 59.0 Å². The number of aliphatic carboxylic acids is 1. The first-order chi connectivity index (χ1) is 16.4. The molecular weight excluding hydrogens is 483 g/mol. The molecule has 0 saturated heterocycles. The van der Waals surface area contributed by atoms with Crippen molar-refractivity contribution in [3.8, 4) is 39.2 Å². The molecule has 0 amide bonds. The van der Waals surface area contributed by atoms with Crippen LogP contribution < -0.4 is 58.3 Å². The summed E-state index contributed by atoms with van der Waals surface area (Å²) in [6.45, 7) is -0.691. The number of hydrogen-bond acceptors (Lipinski definition) is 9. The molecule has 0 spiro atoms. The summed E-state index contributed by atoms with van der Waals surface area (Å²) in [4.78, 5) is 24.7. The Morgan fingerprint density at radius 2 is 1.54 bits per heavy atom. The molecule has 8 nitrogen and oxygen atoms in total. The van der Waals surface area contributed by atoms with Crippen LogP contribution in [0.1, 0.15) is 15.9 Å². The van der Waals surface area contributed by atoms with Gasteiger partial charge in [-0.2, -0.15) is 0 Å². The fourth-order valence-corrected chi connectivity index (χ4v) is 3.98. The number of carbonyl (C=O) groups excluding carboxylic acids is 2. The van der Waals surface area contributed by atoms with E-state index in [4.69, 9.17) is 23.7 Å².